The van der Waals surface area contributed by atoms with Crippen molar-refractivity contribution in [3.8, 4) is 17.0 Å². The normalized spacial score (nSPS) is 16.2. The Morgan fingerprint density at radius 3 is 2.59 bits per heavy atom. The predicted octanol–water partition coefficient (Wildman–Crippen LogP) is 5.99. The molecule has 10 heteroatoms. The quantitative estimate of drug-likeness (QED) is 0.343. The highest BCUT2D eigenvalue weighted by molar-refractivity contribution is 6.33. The lowest BCUT2D eigenvalue weighted by Crippen LogP contribution is -2.25. The average Bonchev–Trinajstić information content (AvgIpc) is 3.21. The lowest BCUT2D eigenvalue weighted by Gasteiger charge is -2.19. The molecule has 1 fully saturated rings. The predicted molar refractivity (Wildman–Crippen MR) is 114 cm³/mol. The van der Waals surface area contributed by atoms with Crippen LogP contribution in [0.25, 0.3) is 11.1 Å². The van der Waals surface area contributed by atoms with E-state index in [1.54, 1.807) is 36.4 Å². The molecule has 1 aliphatic rings. The molecule has 0 radical (unpaired) electrons. The van der Waals surface area contributed by atoms with Crippen molar-refractivity contribution in [1.29, 1.82) is 0 Å². The molecule has 3 aromatic rings. The summed E-state index contributed by atoms with van der Waals surface area (Å²) in [6.45, 7) is 0.840. The van der Waals surface area contributed by atoms with E-state index in [-0.39, 0.29) is 17.7 Å². The fourth-order valence-electron chi connectivity index (χ4n) is 3.63. The van der Waals surface area contributed by atoms with Crippen LogP contribution in [0.3, 0.4) is 0 Å². The molecule has 2 aromatic carbocycles. The van der Waals surface area contributed by atoms with Crippen LogP contribution >= 0.6 is 11.6 Å². The van der Waals surface area contributed by atoms with E-state index in [0.29, 0.717) is 41.3 Å². The number of hydrogen-bond acceptors (Lipinski definition) is 5. The van der Waals surface area contributed by atoms with Crippen LogP contribution in [0.1, 0.15) is 12.0 Å². The van der Waals surface area contributed by atoms with E-state index in [9.17, 15) is 23.3 Å². The van der Waals surface area contributed by atoms with Gasteiger partial charge >= 0.3 is 6.18 Å². The molecule has 0 saturated carbocycles. The third-order valence-corrected chi connectivity index (χ3v) is 5.52. The SMILES string of the molecule is O=[N+]([O-])c1cc(-c2ccccc2Cl)ccc1N1CC[C@@H](Oc2ccc(C(F)(F)F)cn2)C1. The average molecular weight is 464 g/mol. The van der Waals surface area contributed by atoms with Crippen molar-refractivity contribution in [2.24, 2.45) is 0 Å². The molecule has 1 aromatic heterocycles. The molecule has 1 saturated heterocycles. The molecular weight excluding hydrogens is 447 g/mol. The van der Waals surface area contributed by atoms with Crippen molar-refractivity contribution in [2.75, 3.05) is 18.0 Å². The van der Waals surface area contributed by atoms with Crippen molar-refractivity contribution in [2.45, 2.75) is 18.7 Å². The minimum absolute atomic E-state index is 0.0595. The number of anilines is 1. The van der Waals surface area contributed by atoms with Crippen LogP contribution in [0.15, 0.2) is 60.8 Å². The summed E-state index contributed by atoms with van der Waals surface area (Å²) in [4.78, 5) is 16.8. The Kier molecular flexibility index (Phi) is 5.92. The van der Waals surface area contributed by atoms with Crippen molar-refractivity contribution in [3.05, 3.63) is 81.5 Å². The number of hydrogen-bond donors (Lipinski definition) is 0. The fraction of sp³-hybridized carbons (Fsp3) is 0.227. The molecular formula is C22H17ClF3N3O3. The van der Waals surface area contributed by atoms with Gasteiger partial charge in [0.15, 0.2) is 0 Å². The third-order valence-electron chi connectivity index (χ3n) is 5.19. The number of nitrogens with zero attached hydrogens (tertiary/aromatic N) is 3. The van der Waals surface area contributed by atoms with Gasteiger partial charge < -0.3 is 9.64 Å². The van der Waals surface area contributed by atoms with Crippen molar-refractivity contribution in [3.63, 3.8) is 0 Å². The number of nitro benzene ring substituents is 1. The zero-order valence-corrected chi connectivity index (χ0v) is 17.3. The first-order valence-electron chi connectivity index (χ1n) is 9.70. The molecule has 1 aliphatic heterocycles. The summed E-state index contributed by atoms with van der Waals surface area (Å²) in [7, 11) is 0. The van der Waals surface area contributed by atoms with Gasteiger partial charge in [0.1, 0.15) is 11.8 Å². The van der Waals surface area contributed by atoms with Crippen LogP contribution in [-0.2, 0) is 6.18 Å². The molecule has 166 valence electrons. The number of benzene rings is 2. The highest BCUT2D eigenvalue weighted by Crippen LogP contribution is 2.37. The second-order valence-electron chi connectivity index (χ2n) is 7.30. The Morgan fingerprint density at radius 2 is 1.94 bits per heavy atom. The molecule has 0 bridgehead atoms. The number of alkyl halides is 3. The van der Waals surface area contributed by atoms with Crippen molar-refractivity contribution < 1.29 is 22.8 Å². The number of pyridine rings is 1. The molecule has 6 nitrogen and oxygen atoms in total. The largest absolute Gasteiger partial charge is 0.472 e. The smallest absolute Gasteiger partial charge is 0.417 e. The highest BCUT2D eigenvalue weighted by Gasteiger charge is 2.32. The second-order valence-corrected chi connectivity index (χ2v) is 7.71. The van der Waals surface area contributed by atoms with Crippen LogP contribution in [0.5, 0.6) is 5.88 Å². The van der Waals surface area contributed by atoms with E-state index >= 15 is 0 Å². The molecule has 0 spiro atoms. The van der Waals surface area contributed by atoms with Crippen molar-refractivity contribution >= 4 is 23.0 Å². The van der Waals surface area contributed by atoms with E-state index in [1.165, 1.54) is 12.1 Å². The van der Waals surface area contributed by atoms with Gasteiger partial charge in [-0.1, -0.05) is 35.9 Å². The van der Waals surface area contributed by atoms with Crippen LogP contribution in [0.2, 0.25) is 5.02 Å². The summed E-state index contributed by atoms with van der Waals surface area (Å²) < 4.78 is 43.7. The standard InChI is InChI=1S/C22H17ClF3N3O3/c23-18-4-2-1-3-17(18)14-5-7-19(20(11-14)29(30)31)28-10-9-16(13-28)32-21-8-6-15(12-27-21)22(24,25)26/h1-8,11-12,16H,9-10,13H2/t16-/m1/s1. The Morgan fingerprint density at radius 1 is 1.16 bits per heavy atom. The van der Waals surface area contributed by atoms with Gasteiger partial charge in [0.05, 0.1) is 17.0 Å². The lowest BCUT2D eigenvalue weighted by molar-refractivity contribution is -0.384. The van der Waals surface area contributed by atoms with Gasteiger partial charge in [-0.25, -0.2) is 4.98 Å². The van der Waals surface area contributed by atoms with Crippen LogP contribution < -0.4 is 9.64 Å². The maximum absolute atomic E-state index is 12.7. The van der Waals surface area contributed by atoms with Gasteiger partial charge in [-0.2, -0.15) is 13.2 Å². The molecule has 0 aliphatic carbocycles. The summed E-state index contributed by atoms with van der Waals surface area (Å²) >= 11 is 6.22. The monoisotopic (exact) mass is 463 g/mol. The van der Waals surface area contributed by atoms with E-state index in [1.807, 2.05) is 4.90 Å². The van der Waals surface area contributed by atoms with E-state index in [4.69, 9.17) is 16.3 Å². The number of halogens is 4. The summed E-state index contributed by atoms with van der Waals surface area (Å²) in [6, 6.07) is 14.1. The minimum atomic E-state index is -4.47. The lowest BCUT2D eigenvalue weighted by atomic mass is 10.0. The zero-order chi connectivity index (χ0) is 22.9. The Balaban J connectivity index is 1.51. The fourth-order valence-corrected chi connectivity index (χ4v) is 3.88. The Hall–Kier alpha value is -3.33. The number of rotatable bonds is 5. The zero-order valence-electron chi connectivity index (χ0n) is 16.6. The molecule has 0 N–H and O–H groups in total. The van der Waals surface area contributed by atoms with Gasteiger partial charge in [0, 0.05) is 41.9 Å². The Labute approximate surface area is 186 Å². The Bertz CT molecular complexity index is 1140. The van der Waals surface area contributed by atoms with Crippen molar-refractivity contribution in [1.82, 2.24) is 4.98 Å². The van der Waals surface area contributed by atoms with Gasteiger partial charge in [-0.05, 0) is 23.8 Å². The van der Waals surface area contributed by atoms with Gasteiger partial charge in [-0.3, -0.25) is 10.1 Å². The molecule has 32 heavy (non-hydrogen) atoms. The van der Waals surface area contributed by atoms with Gasteiger partial charge in [0.2, 0.25) is 5.88 Å². The molecule has 0 unspecified atom stereocenters. The summed E-state index contributed by atoms with van der Waals surface area (Å²) in [5.74, 6) is 0.0772. The van der Waals surface area contributed by atoms with Crippen LogP contribution in [-0.4, -0.2) is 29.1 Å². The van der Waals surface area contributed by atoms with E-state index in [0.717, 1.165) is 12.3 Å². The molecule has 0 amide bonds. The molecule has 2 heterocycles. The minimum Gasteiger partial charge on any atom is -0.472 e. The highest BCUT2D eigenvalue weighted by atomic mass is 35.5. The number of nitro groups is 1. The summed E-state index contributed by atoms with van der Waals surface area (Å²) in [6.07, 6.45) is -3.56. The first-order valence-corrected chi connectivity index (χ1v) is 10.1. The van der Waals surface area contributed by atoms with E-state index < -0.39 is 16.7 Å². The molecule has 4 rings (SSSR count). The van der Waals surface area contributed by atoms with Gasteiger partial charge in [0.25, 0.3) is 5.69 Å². The summed E-state index contributed by atoms with van der Waals surface area (Å²) in [5, 5.41) is 12.2. The topological polar surface area (TPSA) is 68.5 Å². The maximum atomic E-state index is 12.7. The third kappa shape index (κ3) is 4.62. The molecule has 1 atom stereocenters. The van der Waals surface area contributed by atoms with Crippen LogP contribution in [0, 0.1) is 10.1 Å². The first kappa shape index (κ1) is 21.9. The second kappa shape index (κ2) is 8.66. The number of ether oxygens (including phenoxy) is 1. The summed E-state index contributed by atoms with van der Waals surface area (Å²) in [5.41, 5.74) is 0.854. The maximum Gasteiger partial charge on any atom is 0.417 e. The van der Waals surface area contributed by atoms with Crippen LogP contribution in [0.4, 0.5) is 24.5 Å². The first-order chi connectivity index (χ1) is 15.2. The van der Waals surface area contributed by atoms with E-state index in [2.05, 4.69) is 4.98 Å². The van der Waals surface area contributed by atoms with Gasteiger partial charge in [-0.15, -0.1) is 0 Å². The number of aromatic nitrogens is 1.